The molecule has 1 saturated carbocycles. The van der Waals surface area contributed by atoms with Gasteiger partial charge in [0.2, 0.25) is 5.91 Å². The van der Waals surface area contributed by atoms with Crippen molar-refractivity contribution in [2.24, 2.45) is 4.99 Å². The fourth-order valence-corrected chi connectivity index (χ4v) is 3.86. The maximum Gasteiger partial charge on any atom is 0.221 e. The van der Waals surface area contributed by atoms with Gasteiger partial charge in [0.05, 0.1) is 6.54 Å². The van der Waals surface area contributed by atoms with Crippen LogP contribution in [0.4, 0.5) is 0 Å². The van der Waals surface area contributed by atoms with Crippen LogP contribution >= 0.6 is 35.3 Å². The molecule has 6 nitrogen and oxygen atoms in total. The van der Waals surface area contributed by atoms with Crippen LogP contribution in [0.1, 0.15) is 57.9 Å². The summed E-state index contributed by atoms with van der Waals surface area (Å²) >= 11 is 1.56. The molecule has 1 aliphatic carbocycles. The Kier molecular flexibility index (Phi) is 11.2. The van der Waals surface area contributed by atoms with Gasteiger partial charge >= 0.3 is 0 Å². The third-order valence-electron chi connectivity index (χ3n) is 4.65. The number of thiophene rings is 1. The number of aliphatic imine (C=N–C) groups is 1. The molecule has 154 valence electrons. The summed E-state index contributed by atoms with van der Waals surface area (Å²) in [6.07, 6.45) is 6.32. The van der Waals surface area contributed by atoms with Crippen LogP contribution in [-0.2, 0) is 10.4 Å². The second kappa shape index (κ2) is 12.6. The minimum atomic E-state index is -0.999. The first-order chi connectivity index (χ1) is 12.5. The molecule has 0 bridgehead atoms. The van der Waals surface area contributed by atoms with E-state index in [2.05, 4.69) is 20.9 Å². The van der Waals surface area contributed by atoms with Gasteiger partial charge in [-0.05, 0) is 49.1 Å². The summed E-state index contributed by atoms with van der Waals surface area (Å²) < 4.78 is 0. The van der Waals surface area contributed by atoms with Crippen molar-refractivity contribution in [1.82, 2.24) is 16.0 Å². The van der Waals surface area contributed by atoms with Crippen LogP contribution in [0.2, 0.25) is 0 Å². The van der Waals surface area contributed by atoms with Gasteiger partial charge in [-0.3, -0.25) is 4.79 Å². The van der Waals surface area contributed by atoms with Crippen molar-refractivity contribution in [2.45, 2.75) is 64.0 Å². The Hall–Kier alpha value is -0.870. The zero-order valence-corrected chi connectivity index (χ0v) is 19.4. The molecule has 1 aliphatic rings. The average molecular weight is 508 g/mol. The van der Waals surface area contributed by atoms with Crippen molar-refractivity contribution in [3.63, 3.8) is 0 Å². The lowest BCUT2D eigenvalue weighted by Gasteiger charge is -2.23. The zero-order chi connectivity index (χ0) is 18.8. The van der Waals surface area contributed by atoms with Gasteiger partial charge in [0.15, 0.2) is 5.96 Å². The molecule has 1 fully saturated rings. The maximum atomic E-state index is 12.1. The first-order valence-electron chi connectivity index (χ1n) is 9.58. The predicted octanol–water partition coefficient (Wildman–Crippen LogP) is 2.97. The molecule has 0 aromatic carbocycles. The molecule has 1 unspecified atom stereocenters. The minimum Gasteiger partial charge on any atom is -0.383 e. The Labute approximate surface area is 183 Å². The summed E-state index contributed by atoms with van der Waals surface area (Å²) in [7, 11) is 0. The van der Waals surface area contributed by atoms with E-state index in [0.717, 1.165) is 24.9 Å². The molecule has 27 heavy (non-hydrogen) atoms. The standard InChI is InChI=1S/C19H32N4O2S.HI/c1-3-20-18(22-14-19(2,25)15-10-12-26-13-15)21-11-9-17(24)23-16-7-5-4-6-8-16;/h10,12-13,16,25H,3-9,11,14H2,1-2H3,(H,23,24)(H2,20,21,22);1H. The monoisotopic (exact) mass is 508 g/mol. The lowest BCUT2D eigenvalue weighted by atomic mass is 9.95. The van der Waals surface area contributed by atoms with Gasteiger partial charge in [-0.2, -0.15) is 11.3 Å². The Bertz CT molecular complexity index is 572. The first-order valence-corrected chi connectivity index (χ1v) is 10.5. The van der Waals surface area contributed by atoms with E-state index < -0.39 is 5.60 Å². The topological polar surface area (TPSA) is 85.8 Å². The zero-order valence-electron chi connectivity index (χ0n) is 16.3. The van der Waals surface area contributed by atoms with E-state index in [0.29, 0.717) is 25.0 Å². The second-order valence-electron chi connectivity index (χ2n) is 7.06. The van der Waals surface area contributed by atoms with Gasteiger partial charge in [0, 0.05) is 25.6 Å². The number of guanidine groups is 1. The van der Waals surface area contributed by atoms with Gasteiger partial charge < -0.3 is 21.1 Å². The van der Waals surface area contributed by atoms with Gasteiger partial charge in [-0.25, -0.2) is 4.99 Å². The van der Waals surface area contributed by atoms with Gasteiger partial charge in [-0.1, -0.05) is 19.3 Å². The van der Waals surface area contributed by atoms with E-state index in [4.69, 9.17) is 0 Å². The number of carbonyl (C=O) groups excluding carboxylic acids is 1. The molecule has 1 aromatic rings. The number of hydrogen-bond acceptors (Lipinski definition) is 4. The lowest BCUT2D eigenvalue weighted by molar-refractivity contribution is -0.121. The number of carbonyl (C=O) groups is 1. The summed E-state index contributed by atoms with van der Waals surface area (Å²) in [5.74, 6) is 0.707. The normalized spacial score (nSPS) is 17.5. The number of amides is 1. The van der Waals surface area contributed by atoms with Crippen LogP contribution in [0.25, 0.3) is 0 Å². The van der Waals surface area contributed by atoms with E-state index in [1.165, 1.54) is 19.3 Å². The number of nitrogens with zero attached hydrogens (tertiary/aromatic N) is 1. The van der Waals surface area contributed by atoms with Crippen molar-refractivity contribution in [2.75, 3.05) is 19.6 Å². The van der Waals surface area contributed by atoms with Gasteiger partial charge in [-0.15, -0.1) is 24.0 Å². The molecule has 2 rings (SSSR count). The molecular weight excluding hydrogens is 475 g/mol. The number of nitrogens with one attached hydrogen (secondary N) is 3. The summed E-state index contributed by atoms with van der Waals surface area (Å²) in [5, 5.41) is 23.9. The van der Waals surface area contributed by atoms with Crippen LogP contribution < -0.4 is 16.0 Å². The van der Waals surface area contributed by atoms with Crippen LogP contribution in [0, 0.1) is 0 Å². The second-order valence-corrected chi connectivity index (χ2v) is 7.84. The predicted molar refractivity (Wildman–Crippen MR) is 123 cm³/mol. The molecule has 0 saturated heterocycles. The summed E-state index contributed by atoms with van der Waals surface area (Å²) in [6, 6.07) is 2.26. The van der Waals surface area contributed by atoms with E-state index in [9.17, 15) is 9.90 Å². The molecule has 0 radical (unpaired) electrons. The highest BCUT2D eigenvalue weighted by Crippen LogP contribution is 2.23. The maximum absolute atomic E-state index is 12.1. The van der Waals surface area contributed by atoms with E-state index in [1.807, 2.05) is 23.8 Å². The molecule has 1 amide bonds. The van der Waals surface area contributed by atoms with E-state index >= 15 is 0 Å². The molecule has 0 spiro atoms. The van der Waals surface area contributed by atoms with Crippen LogP contribution in [0.15, 0.2) is 21.8 Å². The lowest BCUT2D eigenvalue weighted by Crippen LogP contribution is -2.42. The molecule has 4 N–H and O–H groups in total. The first kappa shape index (κ1) is 24.2. The highest BCUT2D eigenvalue weighted by atomic mass is 127. The highest BCUT2D eigenvalue weighted by molar-refractivity contribution is 14.0. The molecule has 1 aromatic heterocycles. The Balaban J connectivity index is 0.00000364. The highest BCUT2D eigenvalue weighted by Gasteiger charge is 2.23. The molecule has 0 aliphatic heterocycles. The smallest absolute Gasteiger partial charge is 0.221 e. The van der Waals surface area contributed by atoms with Gasteiger partial charge in [0.25, 0.3) is 0 Å². The van der Waals surface area contributed by atoms with Crippen LogP contribution in [-0.4, -0.2) is 42.6 Å². The van der Waals surface area contributed by atoms with Crippen molar-refractivity contribution in [3.05, 3.63) is 22.4 Å². The van der Waals surface area contributed by atoms with Crippen molar-refractivity contribution in [3.8, 4) is 0 Å². The third kappa shape index (κ3) is 8.78. The Morgan fingerprint density at radius 1 is 1.33 bits per heavy atom. The van der Waals surface area contributed by atoms with Crippen molar-refractivity contribution >= 4 is 47.2 Å². The summed E-state index contributed by atoms with van der Waals surface area (Å²) in [6.45, 7) is 5.25. The number of hydrogen-bond donors (Lipinski definition) is 4. The Morgan fingerprint density at radius 2 is 2.07 bits per heavy atom. The number of halogens is 1. The van der Waals surface area contributed by atoms with Crippen LogP contribution in [0.5, 0.6) is 0 Å². The van der Waals surface area contributed by atoms with Crippen LogP contribution in [0.3, 0.4) is 0 Å². The summed E-state index contributed by atoms with van der Waals surface area (Å²) in [4.78, 5) is 16.5. The van der Waals surface area contributed by atoms with Crippen molar-refractivity contribution < 1.29 is 9.90 Å². The number of rotatable bonds is 8. The molecule has 1 heterocycles. The fourth-order valence-electron chi connectivity index (χ4n) is 3.08. The molecule has 1 atom stereocenters. The van der Waals surface area contributed by atoms with Gasteiger partial charge in [0.1, 0.15) is 5.60 Å². The SMILES string of the molecule is CCNC(=NCC(C)(O)c1ccsc1)NCCC(=O)NC1CCCCC1.I. The molecule has 8 heteroatoms. The quantitative estimate of drug-likeness (QED) is 0.247. The van der Waals surface area contributed by atoms with E-state index in [1.54, 1.807) is 18.3 Å². The largest absolute Gasteiger partial charge is 0.383 e. The number of aliphatic hydroxyl groups is 1. The van der Waals surface area contributed by atoms with Crippen molar-refractivity contribution in [1.29, 1.82) is 0 Å². The van der Waals surface area contributed by atoms with E-state index in [-0.39, 0.29) is 36.4 Å². The summed E-state index contributed by atoms with van der Waals surface area (Å²) in [5.41, 5.74) is -0.130. The Morgan fingerprint density at radius 3 is 2.70 bits per heavy atom. The average Bonchev–Trinajstić information content (AvgIpc) is 3.16. The third-order valence-corrected chi connectivity index (χ3v) is 5.33. The molecular formula is C19H33IN4O2S. The minimum absolute atomic E-state index is 0. The fraction of sp³-hybridized carbons (Fsp3) is 0.684.